The number of phenols is 1. The molecule has 0 bridgehead atoms. The molecule has 0 aliphatic carbocycles. The number of hydrogen-bond donors (Lipinski definition) is 1. The lowest BCUT2D eigenvalue weighted by atomic mass is 9.71. The first-order chi connectivity index (χ1) is 17.8. The van der Waals surface area contributed by atoms with E-state index in [1.165, 1.54) is 27.8 Å². The van der Waals surface area contributed by atoms with Crippen LogP contribution < -0.4 is 0 Å². The van der Waals surface area contributed by atoms with Gasteiger partial charge in [0.25, 0.3) is 0 Å². The Morgan fingerprint density at radius 3 is 1.14 bits per heavy atom. The largest absolute Gasteiger partial charge is 0.508 e. The van der Waals surface area contributed by atoms with Crippen LogP contribution in [-0.2, 0) is 0 Å². The Bertz CT molecular complexity index is 1260. The lowest BCUT2D eigenvalue weighted by Crippen LogP contribution is -2.17. The fraction of sp³-hybridized carbons (Fsp3) is 0.333. The summed E-state index contributed by atoms with van der Waals surface area (Å²) in [5, 5.41) is 11.4. The molecule has 6 atom stereocenters. The van der Waals surface area contributed by atoms with E-state index in [1.807, 2.05) is 6.07 Å². The van der Waals surface area contributed by atoms with Crippen molar-refractivity contribution >= 4 is 0 Å². The first-order valence-corrected chi connectivity index (χ1v) is 13.8. The van der Waals surface area contributed by atoms with Crippen LogP contribution >= 0.6 is 0 Å². The average molecular weight is 491 g/mol. The Balaban J connectivity index is 1.86. The van der Waals surface area contributed by atoms with Gasteiger partial charge >= 0.3 is 0 Å². The van der Waals surface area contributed by atoms with Gasteiger partial charge in [0.05, 0.1) is 0 Å². The highest BCUT2D eigenvalue weighted by molar-refractivity contribution is 5.52. The third-order valence-electron chi connectivity index (χ3n) is 8.93. The van der Waals surface area contributed by atoms with E-state index in [4.69, 9.17) is 0 Å². The molecule has 0 saturated carbocycles. The highest BCUT2D eigenvalue weighted by Gasteiger charge is 2.31. The van der Waals surface area contributed by atoms with E-state index in [0.717, 1.165) is 5.56 Å². The Morgan fingerprint density at radius 1 is 0.378 bits per heavy atom. The molecule has 6 unspecified atom stereocenters. The molecule has 37 heavy (non-hydrogen) atoms. The summed E-state index contributed by atoms with van der Waals surface area (Å²) in [5.74, 6) is 2.10. The van der Waals surface area contributed by atoms with Gasteiger partial charge in [0, 0.05) is 5.56 Å². The quantitative estimate of drug-likeness (QED) is 0.247. The fourth-order valence-corrected chi connectivity index (χ4v) is 5.93. The van der Waals surface area contributed by atoms with Gasteiger partial charge < -0.3 is 5.11 Å². The molecule has 0 amide bonds. The second-order valence-electron chi connectivity index (χ2n) is 11.0. The van der Waals surface area contributed by atoms with Crippen molar-refractivity contribution in [1.29, 1.82) is 0 Å². The van der Waals surface area contributed by atoms with Gasteiger partial charge in [0.15, 0.2) is 0 Å². The topological polar surface area (TPSA) is 20.2 Å². The first-order valence-electron chi connectivity index (χ1n) is 13.8. The predicted octanol–water partition coefficient (Wildman–Crippen LogP) is 10.1. The van der Waals surface area contributed by atoms with E-state index in [9.17, 15) is 5.11 Å². The molecule has 1 nitrogen and oxygen atoms in total. The summed E-state index contributed by atoms with van der Waals surface area (Å²) in [5.41, 5.74) is 7.78. The SMILES string of the molecule is CC(c1ccccc1)C(C)c1ccc(O)c(C(C)C(C)c2ccccc2)c1C(C)C(C)c1ccccc1. The maximum atomic E-state index is 11.4. The lowest BCUT2D eigenvalue weighted by Gasteiger charge is -2.34. The monoisotopic (exact) mass is 490 g/mol. The molecule has 0 heterocycles. The molecule has 0 aliphatic rings. The molecule has 1 N–H and O–H groups in total. The zero-order valence-electron chi connectivity index (χ0n) is 23.2. The molecule has 0 fully saturated rings. The summed E-state index contributed by atoms with van der Waals surface area (Å²) in [7, 11) is 0. The van der Waals surface area contributed by atoms with E-state index >= 15 is 0 Å². The van der Waals surface area contributed by atoms with Crippen LogP contribution in [0.4, 0.5) is 0 Å². The second kappa shape index (κ2) is 11.8. The lowest BCUT2D eigenvalue weighted by molar-refractivity contribution is 0.449. The molecular formula is C36H42O. The van der Waals surface area contributed by atoms with Gasteiger partial charge in [-0.25, -0.2) is 0 Å². The third-order valence-corrected chi connectivity index (χ3v) is 8.93. The molecule has 0 spiro atoms. The van der Waals surface area contributed by atoms with E-state index in [1.54, 1.807) is 0 Å². The normalized spacial score (nSPS) is 16.4. The zero-order valence-corrected chi connectivity index (χ0v) is 23.2. The average Bonchev–Trinajstić information content (AvgIpc) is 2.96. The van der Waals surface area contributed by atoms with Crippen molar-refractivity contribution < 1.29 is 5.11 Å². The van der Waals surface area contributed by atoms with Crippen LogP contribution in [0.15, 0.2) is 103 Å². The van der Waals surface area contributed by atoms with Crippen LogP contribution in [-0.4, -0.2) is 5.11 Å². The molecule has 4 aromatic carbocycles. The number of phenolic OH excluding ortho intramolecular Hbond substituents is 1. The Hall–Kier alpha value is -3.32. The van der Waals surface area contributed by atoms with Gasteiger partial charge in [-0.15, -0.1) is 0 Å². The van der Waals surface area contributed by atoms with Gasteiger partial charge in [-0.1, -0.05) is 139 Å². The van der Waals surface area contributed by atoms with Crippen molar-refractivity contribution in [1.82, 2.24) is 0 Å². The standard InChI is InChI=1S/C36H42O/c1-24(30-16-10-7-11-17-30)27(4)33-22-23-34(37)36(29(6)26(3)32-20-14-9-15-21-32)35(33)28(5)25(2)31-18-12-8-13-19-31/h7-29,37H,1-6H3. The van der Waals surface area contributed by atoms with E-state index in [2.05, 4.69) is 139 Å². The summed E-state index contributed by atoms with van der Waals surface area (Å²) in [6.45, 7) is 13.9. The molecule has 0 aromatic heterocycles. The zero-order chi connectivity index (χ0) is 26.5. The van der Waals surface area contributed by atoms with Crippen molar-refractivity contribution in [3.8, 4) is 5.75 Å². The predicted molar refractivity (Wildman–Crippen MR) is 158 cm³/mol. The summed E-state index contributed by atoms with van der Waals surface area (Å²) in [6.07, 6.45) is 0. The minimum atomic E-state index is 0.169. The first kappa shape index (κ1) is 26.7. The molecular weight excluding hydrogens is 448 g/mol. The molecule has 4 rings (SSSR count). The number of aromatic hydroxyl groups is 1. The molecule has 0 saturated heterocycles. The summed E-state index contributed by atoms with van der Waals surface area (Å²) in [4.78, 5) is 0. The maximum Gasteiger partial charge on any atom is 0.119 e. The molecule has 192 valence electrons. The molecule has 1 heteroatoms. The van der Waals surface area contributed by atoms with Gasteiger partial charge in [-0.05, 0) is 69.4 Å². The smallest absolute Gasteiger partial charge is 0.119 e. The van der Waals surface area contributed by atoms with Crippen LogP contribution in [0.5, 0.6) is 5.75 Å². The summed E-state index contributed by atoms with van der Waals surface area (Å²) in [6, 6.07) is 36.4. The summed E-state index contributed by atoms with van der Waals surface area (Å²) < 4.78 is 0. The van der Waals surface area contributed by atoms with Crippen LogP contribution in [0, 0.1) is 0 Å². The second-order valence-corrected chi connectivity index (χ2v) is 11.0. The molecule has 0 radical (unpaired) electrons. The van der Waals surface area contributed by atoms with Crippen molar-refractivity contribution in [2.75, 3.05) is 0 Å². The molecule has 4 aromatic rings. The van der Waals surface area contributed by atoms with E-state index in [-0.39, 0.29) is 17.8 Å². The van der Waals surface area contributed by atoms with E-state index < -0.39 is 0 Å². The van der Waals surface area contributed by atoms with E-state index in [0.29, 0.717) is 23.5 Å². The van der Waals surface area contributed by atoms with Crippen LogP contribution in [0.3, 0.4) is 0 Å². The van der Waals surface area contributed by atoms with Gasteiger partial charge in [0.1, 0.15) is 5.75 Å². The fourth-order valence-electron chi connectivity index (χ4n) is 5.93. The third kappa shape index (κ3) is 5.67. The Morgan fingerprint density at radius 2 is 0.730 bits per heavy atom. The van der Waals surface area contributed by atoms with Crippen LogP contribution in [0.25, 0.3) is 0 Å². The Kier molecular flexibility index (Phi) is 8.54. The molecule has 0 aliphatic heterocycles. The number of hydrogen-bond acceptors (Lipinski definition) is 1. The minimum absolute atomic E-state index is 0.169. The van der Waals surface area contributed by atoms with Crippen LogP contribution in [0.2, 0.25) is 0 Å². The highest BCUT2D eigenvalue weighted by atomic mass is 16.3. The van der Waals surface area contributed by atoms with Crippen LogP contribution in [0.1, 0.15) is 110 Å². The van der Waals surface area contributed by atoms with Gasteiger partial charge in [0.2, 0.25) is 0 Å². The van der Waals surface area contributed by atoms with Crippen molar-refractivity contribution in [3.05, 3.63) is 137 Å². The van der Waals surface area contributed by atoms with Crippen molar-refractivity contribution in [2.24, 2.45) is 0 Å². The van der Waals surface area contributed by atoms with Gasteiger partial charge in [-0.2, -0.15) is 0 Å². The van der Waals surface area contributed by atoms with Crippen molar-refractivity contribution in [3.63, 3.8) is 0 Å². The number of benzene rings is 4. The van der Waals surface area contributed by atoms with Gasteiger partial charge in [-0.3, -0.25) is 0 Å². The Labute approximate surface area is 224 Å². The number of rotatable bonds is 9. The highest BCUT2D eigenvalue weighted by Crippen LogP contribution is 2.48. The summed E-state index contributed by atoms with van der Waals surface area (Å²) >= 11 is 0. The minimum Gasteiger partial charge on any atom is -0.508 e. The van der Waals surface area contributed by atoms with Crippen molar-refractivity contribution in [2.45, 2.75) is 77.0 Å². The maximum absolute atomic E-state index is 11.4.